The maximum atomic E-state index is 5.29. The van der Waals surface area contributed by atoms with E-state index in [-0.39, 0.29) is 0 Å². The summed E-state index contributed by atoms with van der Waals surface area (Å²) >= 11 is 0. The van der Waals surface area contributed by atoms with Crippen LogP contribution < -0.4 is 0 Å². The Balaban J connectivity index is 0.511. The molecule has 0 radical (unpaired) electrons. The van der Waals surface area contributed by atoms with Crippen LogP contribution in [0.15, 0.2) is 461 Å². The molecule has 2 aliphatic carbocycles. The topological polar surface area (TPSA) is 77.3 Å². The summed E-state index contributed by atoms with van der Waals surface area (Å²) in [6.07, 6.45) is 0. The van der Waals surface area contributed by atoms with Crippen molar-refractivity contribution >= 4 is 43.1 Å². The van der Waals surface area contributed by atoms with Crippen molar-refractivity contribution < 1.29 is 0 Å². The first-order valence-corrected chi connectivity index (χ1v) is 43.1. The van der Waals surface area contributed by atoms with E-state index in [1.54, 1.807) is 0 Å². The Morgan fingerprint density at radius 1 is 0.135 bits per heavy atom. The number of aromatic nitrogens is 6. The Labute approximate surface area is 730 Å². The van der Waals surface area contributed by atoms with Gasteiger partial charge in [-0.05, 0) is 172 Å². The molecule has 0 saturated carbocycles. The van der Waals surface area contributed by atoms with E-state index in [0.717, 1.165) is 89.0 Å². The summed E-state index contributed by atoms with van der Waals surface area (Å²) in [5, 5.41) is 10.1. The Morgan fingerprint density at radius 2 is 0.333 bits per heavy atom. The van der Waals surface area contributed by atoms with Crippen LogP contribution in [0.2, 0.25) is 0 Å². The summed E-state index contributed by atoms with van der Waals surface area (Å²) in [7, 11) is 0. The lowest BCUT2D eigenvalue weighted by Gasteiger charge is -2.35. The summed E-state index contributed by atoms with van der Waals surface area (Å²) < 4.78 is 0. The Hall–Kier alpha value is -16.5. The van der Waals surface area contributed by atoms with Crippen LogP contribution in [-0.4, -0.2) is 29.9 Å². The highest BCUT2D eigenvalue weighted by Crippen LogP contribution is 2.63. The average Bonchev–Trinajstić information content (AvgIpc) is 1.51. The number of hydrogen-bond donors (Lipinski definition) is 0. The molecule has 2 aromatic heterocycles. The molecule has 0 amide bonds. The van der Waals surface area contributed by atoms with Gasteiger partial charge < -0.3 is 0 Å². The second kappa shape index (κ2) is 30.3. The summed E-state index contributed by atoms with van der Waals surface area (Å²) in [5.74, 6) is 3.60. The Bertz CT molecular complexity index is 7990. The van der Waals surface area contributed by atoms with Gasteiger partial charge in [-0.25, -0.2) is 29.9 Å². The summed E-state index contributed by atoms with van der Waals surface area (Å²) in [4.78, 5) is 31.4. The maximum absolute atomic E-state index is 5.29. The SMILES string of the molecule is c1ccc(-c2ccc(-c3nc(-c4ccc(-c5ccc(C6(c7ccccc7)c7ccccc7-c7c6c6ccccc6c6ccccc76)cc5)cc4)nc(-c4ccc(-c5cccc(-c6ccc(-c7ccc(-c8nc(-c9ccccc9)nc(-c9ccc(C%10(c%11ccccc%11)c%11ccccc%11-c%11c%10c%10ccccc%10c%10ccccc%11%10)cc9)n8)cc7)cc6)c5)cc4)n3)cc2)cc1. The minimum Gasteiger partial charge on any atom is -0.208 e. The van der Waals surface area contributed by atoms with Crippen molar-refractivity contribution in [1.82, 2.24) is 29.9 Å². The molecule has 22 aromatic rings. The van der Waals surface area contributed by atoms with Gasteiger partial charge in [0.25, 0.3) is 0 Å². The van der Waals surface area contributed by atoms with Crippen molar-refractivity contribution in [3.8, 4) is 146 Å². The molecule has 2 unspecified atom stereocenters. The second-order valence-electron chi connectivity index (χ2n) is 33.0. The van der Waals surface area contributed by atoms with Gasteiger partial charge in [0.05, 0.1) is 10.8 Å². The molecule has 0 fully saturated rings. The predicted molar refractivity (Wildman–Crippen MR) is 518 cm³/mol. The van der Waals surface area contributed by atoms with Gasteiger partial charge in [-0.2, -0.15) is 0 Å². The number of rotatable bonds is 15. The molecular weight excluding hydrogens is 1530 g/mol. The first-order chi connectivity index (χ1) is 62.4. The van der Waals surface area contributed by atoms with Gasteiger partial charge in [0, 0.05) is 33.4 Å². The zero-order valence-corrected chi connectivity index (χ0v) is 68.6. The zero-order chi connectivity index (χ0) is 83.2. The van der Waals surface area contributed by atoms with Gasteiger partial charge >= 0.3 is 0 Å². The molecule has 126 heavy (non-hydrogen) atoms. The summed E-state index contributed by atoms with van der Waals surface area (Å²) in [6.45, 7) is 0. The molecule has 24 rings (SSSR count). The number of nitrogens with zero attached hydrogens (tertiary/aromatic N) is 6. The molecular formula is C120H76N6. The van der Waals surface area contributed by atoms with E-state index in [0.29, 0.717) is 34.9 Å². The van der Waals surface area contributed by atoms with E-state index in [4.69, 9.17) is 29.9 Å². The van der Waals surface area contributed by atoms with E-state index in [9.17, 15) is 0 Å². The molecule has 0 bridgehead atoms. The van der Waals surface area contributed by atoms with E-state index in [2.05, 4.69) is 437 Å². The van der Waals surface area contributed by atoms with Gasteiger partial charge in [-0.15, -0.1) is 0 Å². The third-order valence-electron chi connectivity index (χ3n) is 26.2. The third kappa shape index (κ3) is 12.1. The molecule has 0 aliphatic heterocycles. The fraction of sp³-hybridized carbons (Fsp3) is 0.0167. The average molecular weight is 1600 g/mol. The quantitative estimate of drug-likeness (QED) is 0.0952. The Morgan fingerprint density at radius 3 is 0.659 bits per heavy atom. The molecule has 2 aliphatic rings. The van der Waals surface area contributed by atoms with Crippen molar-refractivity contribution in [3.05, 3.63) is 506 Å². The van der Waals surface area contributed by atoms with Crippen molar-refractivity contribution in [2.24, 2.45) is 0 Å². The molecule has 6 heteroatoms. The van der Waals surface area contributed by atoms with E-state index < -0.39 is 10.8 Å². The fourth-order valence-corrected chi connectivity index (χ4v) is 20.4. The lowest BCUT2D eigenvalue weighted by molar-refractivity contribution is 0.776. The van der Waals surface area contributed by atoms with Crippen LogP contribution in [0.1, 0.15) is 44.5 Å². The van der Waals surface area contributed by atoms with Crippen LogP contribution in [0, 0.1) is 0 Å². The van der Waals surface area contributed by atoms with Crippen molar-refractivity contribution in [3.63, 3.8) is 0 Å². The summed E-state index contributed by atoms with van der Waals surface area (Å²) in [5.41, 5.74) is 30.4. The van der Waals surface area contributed by atoms with Crippen LogP contribution in [0.25, 0.3) is 189 Å². The van der Waals surface area contributed by atoms with Gasteiger partial charge in [-0.3, -0.25) is 0 Å². The van der Waals surface area contributed by atoms with E-state index >= 15 is 0 Å². The number of hydrogen-bond acceptors (Lipinski definition) is 6. The zero-order valence-electron chi connectivity index (χ0n) is 68.6. The van der Waals surface area contributed by atoms with Crippen molar-refractivity contribution in [2.45, 2.75) is 10.8 Å². The monoisotopic (exact) mass is 1600 g/mol. The third-order valence-corrected chi connectivity index (χ3v) is 26.2. The molecule has 0 spiro atoms. The first-order valence-electron chi connectivity index (χ1n) is 43.1. The van der Waals surface area contributed by atoms with Gasteiger partial charge in [-0.1, -0.05) is 455 Å². The molecule has 20 aromatic carbocycles. The maximum Gasteiger partial charge on any atom is 0.164 e. The van der Waals surface area contributed by atoms with Crippen LogP contribution in [0.5, 0.6) is 0 Å². The van der Waals surface area contributed by atoms with Crippen LogP contribution in [0.4, 0.5) is 0 Å². The lowest BCUT2D eigenvalue weighted by atomic mass is 9.66. The molecule has 0 saturated heterocycles. The predicted octanol–water partition coefficient (Wildman–Crippen LogP) is 29.7. The van der Waals surface area contributed by atoms with Gasteiger partial charge in [0.2, 0.25) is 0 Å². The standard InChI is InChI=1S/C120H76N6/c1-5-26-77(27-6-1)78-52-60-86(61-53-78)115-123-116(88-64-56-81(57-65-88)82-68-72-95(73-69-82)119(93-32-9-3-10-33-93)107-46-23-21-44-105(107)109-101-40-17-13-36-97(101)99-38-15-19-42-103(99)111(109)119)125-117(124-115)89-66-58-84(59-67-89)92-31-25-30-91(76-92)83-50-48-79(49-51-83)80-54-62-87(63-55-80)114-121-113(85-28-7-2-8-29-85)122-118(126-114)90-70-74-96(75-71-90)120(94-34-11-4-12-35-94)108-47-24-22-45-106(108)110-102-41-18-14-37-98(102)100-39-16-20-43-104(100)112(110)120/h1-76H. The molecule has 2 atom stereocenters. The number of fused-ring (bicyclic) bond motifs is 16. The van der Waals surface area contributed by atoms with Crippen molar-refractivity contribution in [2.75, 3.05) is 0 Å². The number of benzene rings is 20. The van der Waals surface area contributed by atoms with Crippen LogP contribution >= 0.6 is 0 Å². The largest absolute Gasteiger partial charge is 0.208 e. The fourth-order valence-electron chi connectivity index (χ4n) is 20.4. The minimum absolute atomic E-state index is 0.584. The van der Waals surface area contributed by atoms with Gasteiger partial charge in [0.15, 0.2) is 34.9 Å². The normalized spacial score (nSPS) is 14.3. The molecule has 2 heterocycles. The van der Waals surface area contributed by atoms with Crippen molar-refractivity contribution in [1.29, 1.82) is 0 Å². The molecule has 586 valence electrons. The second-order valence-corrected chi connectivity index (χ2v) is 33.0. The highest BCUT2D eigenvalue weighted by molar-refractivity contribution is 6.21. The minimum atomic E-state index is -0.631. The first kappa shape index (κ1) is 73.4. The smallest absolute Gasteiger partial charge is 0.164 e. The molecule has 0 N–H and O–H groups in total. The van der Waals surface area contributed by atoms with Crippen LogP contribution in [0.3, 0.4) is 0 Å². The van der Waals surface area contributed by atoms with Gasteiger partial charge in [0.1, 0.15) is 0 Å². The van der Waals surface area contributed by atoms with E-state index in [1.807, 2.05) is 24.3 Å². The van der Waals surface area contributed by atoms with E-state index in [1.165, 1.54) is 110 Å². The highest BCUT2D eigenvalue weighted by Gasteiger charge is 2.50. The van der Waals surface area contributed by atoms with Crippen LogP contribution in [-0.2, 0) is 10.8 Å². The summed E-state index contributed by atoms with van der Waals surface area (Å²) in [6, 6.07) is 167. The highest BCUT2D eigenvalue weighted by atomic mass is 15.0. The Kier molecular flexibility index (Phi) is 17.6. The lowest BCUT2D eigenvalue weighted by Crippen LogP contribution is -2.28. The molecule has 6 nitrogen and oxygen atoms in total.